The first-order valence-electron chi connectivity index (χ1n) is 12.3. The SMILES string of the molecule is Cc1cc(C)cc(-n2c(C)cc(C=Nn3c(-c4cc5cc(Cl)ccc5o4)nc4ccccc4c3=O)c2C)c1. The molecule has 3 heterocycles. The van der Waals surface area contributed by atoms with Gasteiger partial charge < -0.3 is 8.98 Å². The molecule has 0 amide bonds. The summed E-state index contributed by atoms with van der Waals surface area (Å²) in [6, 6.07) is 23.0. The van der Waals surface area contributed by atoms with Crippen molar-refractivity contribution < 1.29 is 4.42 Å². The average molecular weight is 521 g/mol. The molecule has 0 aliphatic heterocycles. The number of para-hydroxylation sites is 1. The lowest BCUT2D eigenvalue weighted by molar-refractivity contribution is 0.616. The van der Waals surface area contributed by atoms with Crippen LogP contribution in [0.2, 0.25) is 5.02 Å². The van der Waals surface area contributed by atoms with E-state index in [2.05, 4.69) is 61.6 Å². The molecule has 6 rings (SSSR count). The van der Waals surface area contributed by atoms with Crippen LogP contribution in [-0.2, 0) is 0 Å². The highest BCUT2D eigenvalue weighted by Crippen LogP contribution is 2.29. The monoisotopic (exact) mass is 520 g/mol. The molecule has 0 aliphatic rings. The third-order valence-electron chi connectivity index (χ3n) is 6.70. The fraction of sp³-hybridized carbons (Fsp3) is 0.129. The quantitative estimate of drug-likeness (QED) is 0.228. The van der Waals surface area contributed by atoms with E-state index in [4.69, 9.17) is 21.0 Å². The van der Waals surface area contributed by atoms with Gasteiger partial charge in [0, 0.05) is 33.0 Å². The zero-order valence-corrected chi connectivity index (χ0v) is 22.2. The van der Waals surface area contributed by atoms with Crippen LogP contribution in [0.15, 0.2) is 87.1 Å². The van der Waals surface area contributed by atoms with Gasteiger partial charge in [-0.15, -0.1) is 0 Å². The molecular formula is C31H25ClN4O2. The van der Waals surface area contributed by atoms with E-state index in [0.717, 1.165) is 28.0 Å². The predicted molar refractivity (Wildman–Crippen MR) is 154 cm³/mol. The second-order valence-electron chi connectivity index (χ2n) is 9.61. The van der Waals surface area contributed by atoms with E-state index < -0.39 is 0 Å². The van der Waals surface area contributed by atoms with Gasteiger partial charge in [0.15, 0.2) is 5.76 Å². The Morgan fingerprint density at radius 2 is 1.68 bits per heavy atom. The molecule has 0 saturated carbocycles. The number of benzene rings is 3. The van der Waals surface area contributed by atoms with E-state index in [1.165, 1.54) is 15.8 Å². The number of hydrogen-bond donors (Lipinski definition) is 0. The molecule has 188 valence electrons. The summed E-state index contributed by atoms with van der Waals surface area (Å²) in [5.74, 6) is 0.753. The third kappa shape index (κ3) is 4.13. The maximum Gasteiger partial charge on any atom is 0.282 e. The summed E-state index contributed by atoms with van der Waals surface area (Å²) in [4.78, 5) is 18.4. The van der Waals surface area contributed by atoms with Gasteiger partial charge in [0.25, 0.3) is 5.56 Å². The first kappa shape index (κ1) is 23.9. The Morgan fingerprint density at radius 3 is 2.47 bits per heavy atom. The van der Waals surface area contributed by atoms with Crippen LogP contribution in [0.4, 0.5) is 0 Å². The maximum absolute atomic E-state index is 13.6. The van der Waals surface area contributed by atoms with Crippen molar-refractivity contribution >= 4 is 39.7 Å². The van der Waals surface area contributed by atoms with Crippen LogP contribution >= 0.6 is 11.6 Å². The first-order chi connectivity index (χ1) is 18.3. The van der Waals surface area contributed by atoms with Crippen molar-refractivity contribution in [1.29, 1.82) is 0 Å². The molecule has 0 spiro atoms. The molecule has 0 bridgehead atoms. The lowest BCUT2D eigenvalue weighted by Gasteiger charge is -2.12. The van der Waals surface area contributed by atoms with Crippen LogP contribution in [0.3, 0.4) is 0 Å². The number of rotatable bonds is 4. The largest absolute Gasteiger partial charge is 0.453 e. The molecule has 0 saturated heterocycles. The number of nitrogens with zero attached hydrogens (tertiary/aromatic N) is 4. The number of aromatic nitrogens is 3. The molecular weight excluding hydrogens is 496 g/mol. The minimum atomic E-state index is -0.275. The molecule has 0 aliphatic carbocycles. The van der Waals surface area contributed by atoms with Crippen molar-refractivity contribution in [3.05, 3.63) is 116 Å². The fourth-order valence-electron chi connectivity index (χ4n) is 5.03. The summed E-state index contributed by atoms with van der Waals surface area (Å²) in [5, 5.41) is 6.56. The molecule has 0 fully saturated rings. The van der Waals surface area contributed by atoms with Gasteiger partial charge >= 0.3 is 0 Å². The number of aryl methyl sites for hydroxylation is 3. The molecule has 0 unspecified atom stereocenters. The van der Waals surface area contributed by atoms with E-state index in [1.807, 2.05) is 30.3 Å². The minimum absolute atomic E-state index is 0.275. The Morgan fingerprint density at radius 1 is 0.921 bits per heavy atom. The van der Waals surface area contributed by atoms with Crippen molar-refractivity contribution in [2.75, 3.05) is 0 Å². The number of furan rings is 1. The highest BCUT2D eigenvalue weighted by Gasteiger charge is 2.17. The minimum Gasteiger partial charge on any atom is -0.453 e. The van der Waals surface area contributed by atoms with Gasteiger partial charge in [-0.25, -0.2) is 4.98 Å². The maximum atomic E-state index is 13.6. The first-order valence-corrected chi connectivity index (χ1v) is 12.7. The van der Waals surface area contributed by atoms with Crippen molar-refractivity contribution in [2.45, 2.75) is 27.7 Å². The highest BCUT2D eigenvalue weighted by atomic mass is 35.5. The number of hydrogen-bond acceptors (Lipinski definition) is 4. The van der Waals surface area contributed by atoms with Gasteiger partial charge in [0.1, 0.15) is 5.58 Å². The molecule has 7 heteroatoms. The van der Waals surface area contributed by atoms with Crippen LogP contribution in [0.1, 0.15) is 28.1 Å². The van der Waals surface area contributed by atoms with E-state index in [1.54, 1.807) is 24.4 Å². The van der Waals surface area contributed by atoms with Crippen LogP contribution < -0.4 is 5.56 Å². The Bertz CT molecular complexity index is 1940. The Balaban J connectivity index is 1.51. The van der Waals surface area contributed by atoms with Crippen molar-refractivity contribution in [3.63, 3.8) is 0 Å². The summed E-state index contributed by atoms with van der Waals surface area (Å²) >= 11 is 6.18. The van der Waals surface area contributed by atoms with Gasteiger partial charge in [-0.1, -0.05) is 29.8 Å². The van der Waals surface area contributed by atoms with Crippen LogP contribution in [0.5, 0.6) is 0 Å². The van der Waals surface area contributed by atoms with Crippen molar-refractivity contribution in [1.82, 2.24) is 14.2 Å². The van der Waals surface area contributed by atoms with Gasteiger partial charge in [0.05, 0.1) is 17.1 Å². The van der Waals surface area contributed by atoms with Crippen LogP contribution in [0, 0.1) is 27.7 Å². The molecule has 6 nitrogen and oxygen atoms in total. The zero-order valence-electron chi connectivity index (χ0n) is 21.5. The van der Waals surface area contributed by atoms with Crippen LogP contribution in [-0.4, -0.2) is 20.4 Å². The number of fused-ring (bicyclic) bond motifs is 2. The summed E-state index contributed by atoms with van der Waals surface area (Å²) in [6.45, 7) is 8.31. The van der Waals surface area contributed by atoms with E-state index in [0.29, 0.717) is 33.1 Å². The molecule has 3 aromatic carbocycles. The van der Waals surface area contributed by atoms with Gasteiger partial charge in [-0.05, 0) is 93.4 Å². The molecule has 3 aromatic heterocycles. The predicted octanol–water partition coefficient (Wildman–Crippen LogP) is 7.37. The second kappa shape index (κ2) is 9.15. The smallest absolute Gasteiger partial charge is 0.282 e. The summed E-state index contributed by atoms with van der Waals surface area (Å²) < 4.78 is 9.59. The lowest BCUT2D eigenvalue weighted by atomic mass is 10.1. The molecule has 6 aromatic rings. The van der Waals surface area contributed by atoms with Crippen molar-refractivity contribution in [2.24, 2.45) is 5.10 Å². The van der Waals surface area contributed by atoms with Gasteiger partial charge in [-0.3, -0.25) is 4.79 Å². The van der Waals surface area contributed by atoms with Crippen molar-refractivity contribution in [3.8, 4) is 17.3 Å². The Hall–Kier alpha value is -4.42. The summed E-state index contributed by atoms with van der Waals surface area (Å²) in [7, 11) is 0. The molecule has 0 N–H and O–H groups in total. The van der Waals surface area contributed by atoms with E-state index in [-0.39, 0.29) is 5.56 Å². The normalized spacial score (nSPS) is 11.8. The zero-order chi connectivity index (χ0) is 26.6. The second-order valence-corrected chi connectivity index (χ2v) is 10.1. The Kier molecular flexibility index (Phi) is 5.77. The Labute approximate surface area is 224 Å². The van der Waals surface area contributed by atoms with Gasteiger partial charge in [0.2, 0.25) is 5.82 Å². The fourth-order valence-corrected chi connectivity index (χ4v) is 5.21. The summed E-state index contributed by atoms with van der Waals surface area (Å²) in [6.07, 6.45) is 1.71. The van der Waals surface area contributed by atoms with E-state index in [9.17, 15) is 4.79 Å². The molecule has 38 heavy (non-hydrogen) atoms. The van der Waals surface area contributed by atoms with Gasteiger partial charge in [-0.2, -0.15) is 9.78 Å². The number of halogens is 1. The lowest BCUT2D eigenvalue weighted by Crippen LogP contribution is -2.20. The highest BCUT2D eigenvalue weighted by molar-refractivity contribution is 6.31. The molecule has 0 radical (unpaired) electrons. The third-order valence-corrected chi connectivity index (χ3v) is 6.93. The summed E-state index contributed by atoms with van der Waals surface area (Å²) in [5.41, 5.74) is 7.47. The standard InChI is InChI=1S/C31H25ClN4O2/c1-18-11-19(2)13-25(12-18)35-20(3)14-23(21(35)4)17-33-36-30(34-27-8-6-5-7-26(27)31(36)37)29-16-22-15-24(32)9-10-28(22)38-29/h5-17H,1-4H3. The topological polar surface area (TPSA) is 65.3 Å². The van der Waals surface area contributed by atoms with E-state index >= 15 is 0 Å². The average Bonchev–Trinajstić information content (AvgIpc) is 3.42. The van der Waals surface area contributed by atoms with Crippen LogP contribution in [0.25, 0.3) is 39.1 Å². The molecule has 0 atom stereocenters.